The summed E-state index contributed by atoms with van der Waals surface area (Å²) in [4.78, 5) is 20.7. The van der Waals surface area contributed by atoms with Crippen LogP contribution in [0.1, 0.15) is 0 Å². The first-order chi connectivity index (χ1) is 4.70. The van der Waals surface area contributed by atoms with Crippen molar-refractivity contribution in [2.24, 2.45) is 0 Å². The number of halogens is 1. The van der Waals surface area contributed by atoms with Gasteiger partial charge >= 0.3 is 11.9 Å². The molecule has 0 aromatic heterocycles. The van der Waals surface area contributed by atoms with Crippen LogP contribution in [0.5, 0.6) is 0 Å². The van der Waals surface area contributed by atoms with Gasteiger partial charge in [0.15, 0.2) is 6.61 Å². The van der Waals surface area contributed by atoms with E-state index in [-0.39, 0.29) is 11.9 Å². The maximum atomic E-state index is 10.4. The van der Waals surface area contributed by atoms with Gasteiger partial charge in [0.05, 0.1) is 7.11 Å². The van der Waals surface area contributed by atoms with E-state index in [2.05, 4.69) is 25.4 Å². The van der Waals surface area contributed by atoms with E-state index in [0.717, 1.165) is 0 Å². The first-order valence-corrected chi connectivity index (χ1v) is 3.61. The lowest BCUT2D eigenvalue weighted by Gasteiger charge is -1.98. The number of hydrogen-bond donors (Lipinski definition) is 0. The summed E-state index contributed by atoms with van der Waals surface area (Å²) in [6, 6.07) is 0. The van der Waals surface area contributed by atoms with Crippen LogP contribution in [0.15, 0.2) is 0 Å². The zero-order valence-electron chi connectivity index (χ0n) is 5.43. The van der Waals surface area contributed by atoms with Crippen molar-refractivity contribution in [2.75, 3.05) is 19.0 Å². The highest BCUT2D eigenvalue weighted by Crippen LogP contribution is 1.85. The van der Waals surface area contributed by atoms with Crippen molar-refractivity contribution in [1.29, 1.82) is 0 Å². The number of methoxy groups -OCH3 is 1. The van der Waals surface area contributed by atoms with Gasteiger partial charge < -0.3 is 9.47 Å². The second kappa shape index (κ2) is 5.22. The molecule has 10 heavy (non-hydrogen) atoms. The second-order valence-corrected chi connectivity index (χ2v) is 1.93. The normalized spacial score (nSPS) is 8.60. The summed E-state index contributed by atoms with van der Waals surface area (Å²) in [5.41, 5.74) is 0. The van der Waals surface area contributed by atoms with Crippen molar-refractivity contribution in [1.82, 2.24) is 0 Å². The topological polar surface area (TPSA) is 52.6 Å². The predicted octanol–water partition coefficient (Wildman–Crippen LogP) is 0.0975. The smallest absolute Gasteiger partial charge is 0.344 e. The van der Waals surface area contributed by atoms with E-state index in [4.69, 9.17) is 0 Å². The standard InChI is InChI=1S/C5H7BrO4/c1-9-5(8)3-10-4(7)2-6/h2-3H2,1H3. The largest absolute Gasteiger partial charge is 0.466 e. The summed E-state index contributed by atoms with van der Waals surface area (Å²) in [5.74, 6) is -1.04. The number of carbonyl (C=O) groups is 2. The average molecular weight is 211 g/mol. The lowest BCUT2D eigenvalue weighted by Crippen LogP contribution is -2.15. The van der Waals surface area contributed by atoms with E-state index in [1.807, 2.05) is 0 Å². The van der Waals surface area contributed by atoms with E-state index < -0.39 is 11.9 Å². The van der Waals surface area contributed by atoms with Gasteiger partial charge in [0.2, 0.25) is 0 Å². The number of esters is 2. The van der Waals surface area contributed by atoms with Gasteiger partial charge in [0, 0.05) is 0 Å². The van der Waals surface area contributed by atoms with Crippen LogP contribution in [-0.2, 0) is 19.1 Å². The number of ether oxygens (including phenoxy) is 2. The first kappa shape index (κ1) is 9.42. The van der Waals surface area contributed by atoms with Crippen LogP contribution in [0.4, 0.5) is 0 Å². The molecule has 58 valence electrons. The second-order valence-electron chi connectivity index (χ2n) is 1.37. The number of rotatable bonds is 3. The van der Waals surface area contributed by atoms with Crippen molar-refractivity contribution >= 4 is 27.9 Å². The summed E-state index contributed by atoms with van der Waals surface area (Å²) < 4.78 is 8.60. The van der Waals surface area contributed by atoms with Crippen molar-refractivity contribution in [3.8, 4) is 0 Å². The Hall–Kier alpha value is -0.580. The van der Waals surface area contributed by atoms with Crippen LogP contribution in [0.3, 0.4) is 0 Å². The third kappa shape index (κ3) is 4.31. The number of carbonyl (C=O) groups excluding carboxylic acids is 2. The Bertz CT molecular complexity index is 118. The Morgan fingerprint density at radius 3 is 2.40 bits per heavy atom. The minimum Gasteiger partial charge on any atom is -0.466 e. The van der Waals surface area contributed by atoms with E-state index in [1.165, 1.54) is 7.11 Å². The molecular formula is C5H7BrO4. The van der Waals surface area contributed by atoms with Crippen LogP contribution < -0.4 is 0 Å². The molecule has 0 radical (unpaired) electrons. The van der Waals surface area contributed by atoms with Crippen LogP contribution in [-0.4, -0.2) is 31.0 Å². The fourth-order valence-electron chi connectivity index (χ4n) is 0.237. The van der Waals surface area contributed by atoms with Crippen LogP contribution >= 0.6 is 15.9 Å². The molecule has 0 rings (SSSR count). The lowest BCUT2D eigenvalue weighted by atomic mass is 10.7. The van der Waals surface area contributed by atoms with E-state index in [1.54, 1.807) is 0 Å². The van der Waals surface area contributed by atoms with Crippen molar-refractivity contribution in [2.45, 2.75) is 0 Å². The molecule has 0 saturated carbocycles. The highest BCUT2D eigenvalue weighted by Gasteiger charge is 2.04. The summed E-state index contributed by atoms with van der Waals surface area (Å²) in [7, 11) is 1.23. The summed E-state index contributed by atoms with van der Waals surface area (Å²) in [6.45, 7) is -0.319. The third-order valence-electron chi connectivity index (χ3n) is 0.688. The number of alkyl halides is 1. The predicted molar refractivity (Wildman–Crippen MR) is 36.8 cm³/mol. The number of hydrogen-bond acceptors (Lipinski definition) is 4. The zero-order chi connectivity index (χ0) is 7.98. The lowest BCUT2D eigenvalue weighted by molar-refractivity contribution is -0.155. The molecule has 0 N–H and O–H groups in total. The van der Waals surface area contributed by atoms with Crippen LogP contribution in [0, 0.1) is 0 Å². The Labute approximate surface area is 66.6 Å². The highest BCUT2D eigenvalue weighted by atomic mass is 79.9. The fourth-order valence-corrected chi connectivity index (χ4v) is 0.399. The molecule has 0 amide bonds. The van der Waals surface area contributed by atoms with E-state index >= 15 is 0 Å². The highest BCUT2D eigenvalue weighted by molar-refractivity contribution is 9.09. The van der Waals surface area contributed by atoms with Gasteiger partial charge in [-0.1, -0.05) is 15.9 Å². The molecule has 4 nitrogen and oxygen atoms in total. The molecule has 0 heterocycles. The fraction of sp³-hybridized carbons (Fsp3) is 0.600. The van der Waals surface area contributed by atoms with Gasteiger partial charge in [-0.2, -0.15) is 0 Å². The zero-order valence-corrected chi connectivity index (χ0v) is 7.01. The average Bonchev–Trinajstić information content (AvgIpc) is 1.99. The molecule has 0 aliphatic heterocycles. The SMILES string of the molecule is COC(=O)COC(=O)CBr. The van der Waals surface area contributed by atoms with Gasteiger partial charge in [-0.05, 0) is 0 Å². The van der Waals surface area contributed by atoms with Gasteiger partial charge in [0.1, 0.15) is 5.33 Å². The van der Waals surface area contributed by atoms with Crippen molar-refractivity contribution in [3.05, 3.63) is 0 Å². The Morgan fingerprint density at radius 2 is 2.00 bits per heavy atom. The molecule has 0 bridgehead atoms. The molecule has 5 heteroatoms. The molecule has 0 fully saturated rings. The molecule has 0 unspecified atom stereocenters. The third-order valence-corrected chi connectivity index (χ3v) is 1.15. The van der Waals surface area contributed by atoms with Crippen LogP contribution in [0.2, 0.25) is 0 Å². The minimum atomic E-state index is -0.561. The van der Waals surface area contributed by atoms with E-state index in [9.17, 15) is 9.59 Å². The first-order valence-electron chi connectivity index (χ1n) is 2.49. The van der Waals surface area contributed by atoms with Crippen molar-refractivity contribution < 1.29 is 19.1 Å². The summed E-state index contributed by atoms with van der Waals surface area (Å²) in [6.07, 6.45) is 0. The Morgan fingerprint density at radius 1 is 1.40 bits per heavy atom. The van der Waals surface area contributed by atoms with Gasteiger partial charge in [-0.15, -0.1) is 0 Å². The quantitative estimate of drug-likeness (QED) is 0.490. The maximum Gasteiger partial charge on any atom is 0.344 e. The molecule has 0 aromatic carbocycles. The Balaban J connectivity index is 3.35. The molecule has 0 aliphatic rings. The minimum absolute atomic E-state index is 0.0873. The molecule has 0 aliphatic carbocycles. The van der Waals surface area contributed by atoms with Gasteiger partial charge in [-0.25, -0.2) is 4.79 Å². The monoisotopic (exact) mass is 210 g/mol. The molecule has 0 aromatic rings. The summed E-state index contributed by atoms with van der Waals surface area (Å²) >= 11 is 2.86. The molecule has 0 saturated heterocycles. The van der Waals surface area contributed by atoms with Gasteiger partial charge in [-0.3, -0.25) is 4.79 Å². The van der Waals surface area contributed by atoms with Crippen LogP contribution in [0.25, 0.3) is 0 Å². The molecular weight excluding hydrogens is 204 g/mol. The Kier molecular flexibility index (Phi) is 4.92. The van der Waals surface area contributed by atoms with Crippen molar-refractivity contribution in [3.63, 3.8) is 0 Å². The summed E-state index contributed by atoms with van der Waals surface area (Å²) in [5, 5.41) is 0.0873. The van der Waals surface area contributed by atoms with Gasteiger partial charge in [0.25, 0.3) is 0 Å². The maximum absolute atomic E-state index is 10.4. The van der Waals surface area contributed by atoms with E-state index in [0.29, 0.717) is 0 Å². The molecule has 0 atom stereocenters. The molecule has 0 spiro atoms.